The lowest BCUT2D eigenvalue weighted by Crippen LogP contribution is -2.32. The highest BCUT2D eigenvalue weighted by Crippen LogP contribution is 2.29. The molecular formula is C11H18N4O2S2. The van der Waals surface area contributed by atoms with Gasteiger partial charge in [-0.2, -0.15) is 0 Å². The second kappa shape index (κ2) is 7.06. The van der Waals surface area contributed by atoms with Gasteiger partial charge in [0, 0.05) is 19.7 Å². The molecule has 1 fully saturated rings. The predicted octanol–water partition coefficient (Wildman–Crippen LogP) is 1.36. The minimum absolute atomic E-state index is 0.0802. The van der Waals surface area contributed by atoms with Gasteiger partial charge in [-0.3, -0.25) is 4.79 Å². The van der Waals surface area contributed by atoms with Crippen molar-refractivity contribution in [2.45, 2.75) is 35.4 Å². The van der Waals surface area contributed by atoms with Crippen LogP contribution in [0.2, 0.25) is 0 Å². The van der Waals surface area contributed by atoms with E-state index in [1.165, 1.54) is 23.1 Å². The van der Waals surface area contributed by atoms with Gasteiger partial charge in [-0.1, -0.05) is 23.1 Å². The molecule has 1 atom stereocenters. The van der Waals surface area contributed by atoms with E-state index in [0.29, 0.717) is 19.2 Å². The Morgan fingerprint density at radius 3 is 3.05 bits per heavy atom. The number of nitrogens with one attached hydrogen (secondary N) is 2. The summed E-state index contributed by atoms with van der Waals surface area (Å²) < 4.78 is 5.75. The van der Waals surface area contributed by atoms with Crippen molar-refractivity contribution in [1.82, 2.24) is 15.5 Å². The Labute approximate surface area is 120 Å². The summed E-state index contributed by atoms with van der Waals surface area (Å²) in [6.07, 6.45) is 2.21. The molecule has 1 heterocycles. The van der Waals surface area contributed by atoms with Gasteiger partial charge in [-0.25, -0.2) is 0 Å². The third-order valence-electron chi connectivity index (χ3n) is 2.56. The smallest absolute Gasteiger partial charge is 0.233 e. The molecule has 106 valence electrons. The number of hydrogen-bond donors (Lipinski definition) is 2. The lowest BCUT2D eigenvalue weighted by Gasteiger charge is -2.08. The highest BCUT2D eigenvalue weighted by Gasteiger charge is 2.26. The minimum atomic E-state index is -0.139. The molecule has 2 rings (SSSR count). The van der Waals surface area contributed by atoms with Crippen molar-refractivity contribution in [3.63, 3.8) is 0 Å². The summed E-state index contributed by atoms with van der Waals surface area (Å²) in [4.78, 5) is 11.8. The van der Waals surface area contributed by atoms with Crippen molar-refractivity contribution in [3.05, 3.63) is 0 Å². The van der Waals surface area contributed by atoms with Crippen LogP contribution in [0.15, 0.2) is 4.34 Å². The van der Waals surface area contributed by atoms with Gasteiger partial charge < -0.3 is 15.4 Å². The van der Waals surface area contributed by atoms with Gasteiger partial charge in [-0.15, -0.1) is 10.2 Å². The quantitative estimate of drug-likeness (QED) is 0.558. The average molecular weight is 302 g/mol. The number of rotatable bonds is 8. The molecule has 6 nitrogen and oxygen atoms in total. The molecule has 0 saturated heterocycles. The van der Waals surface area contributed by atoms with Crippen molar-refractivity contribution < 1.29 is 9.53 Å². The lowest BCUT2D eigenvalue weighted by molar-refractivity contribution is -0.120. The molecule has 1 aromatic heterocycles. The molecule has 0 aromatic carbocycles. The number of carbonyl (C=O) groups excluding carboxylic acids is 1. The maximum Gasteiger partial charge on any atom is 0.233 e. The summed E-state index contributed by atoms with van der Waals surface area (Å²) in [5.74, 6) is 0.0802. The van der Waals surface area contributed by atoms with E-state index in [1.54, 1.807) is 7.11 Å². The van der Waals surface area contributed by atoms with Crippen LogP contribution in [0.5, 0.6) is 0 Å². The number of ether oxygens (including phenoxy) is 1. The Morgan fingerprint density at radius 2 is 2.37 bits per heavy atom. The summed E-state index contributed by atoms with van der Waals surface area (Å²) in [5, 5.41) is 14.8. The van der Waals surface area contributed by atoms with Crippen LogP contribution < -0.4 is 10.6 Å². The molecule has 1 saturated carbocycles. The van der Waals surface area contributed by atoms with Crippen molar-refractivity contribution in [1.29, 1.82) is 0 Å². The number of nitrogens with zero attached hydrogens (tertiary/aromatic N) is 2. The van der Waals surface area contributed by atoms with E-state index >= 15 is 0 Å². The normalized spacial score (nSPS) is 16.1. The highest BCUT2D eigenvalue weighted by molar-refractivity contribution is 8.02. The molecule has 2 N–H and O–H groups in total. The summed E-state index contributed by atoms with van der Waals surface area (Å²) in [5.41, 5.74) is 0. The maximum absolute atomic E-state index is 11.8. The number of anilines is 1. The van der Waals surface area contributed by atoms with Gasteiger partial charge in [0.15, 0.2) is 4.34 Å². The van der Waals surface area contributed by atoms with Gasteiger partial charge in [-0.05, 0) is 19.8 Å². The zero-order valence-electron chi connectivity index (χ0n) is 11.0. The summed E-state index contributed by atoms with van der Waals surface area (Å²) >= 11 is 2.90. The van der Waals surface area contributed by atoms with E-state index in [0.717, 1.165) is 22.3 Å². The summed E-state index contributed by atoms with van der Waals surface area (Å²) in [6.45, 7) is 3.22. The number of thioether (sulfide) groups is 1. The second-order valence-electron chi connectivity index (χ2n) is 4.34. The minimum Gasteiger partial charge on any atom is -0.383 e. The number of amides is 1. The van der Waals surface area contributed by atoms with Gasteiger partial charge in [0.25, 0.3) is 0 Å². The largest absolute Gasteiger partial charge is 0.383 e. The van der Waals surface area contributed by atoms with Gasteiger partial charge in [0.2, 0.25) is 11.0 Å². The SMILES string of the molecule is COCCNc1nnc(S[C@H](C)C(=O)NC2CC2)s1. The molecule has 19 heavy (non-hydrogen) atoms. The Balaban J connectivity index is 1.76. The van der Waals surface area contributed by atoms with Crippen LogP contribution >= 0.6 is 23.1 Å². The van der Waals surface area contributed by atoms with Crippen LogP contribution in [-0.2, 0) is 9.53 Å². The molecule has 1 aliphatic rings. The Kier molecular flexibility index (Phi) is 5.41. The van der Waals surface area contributed by atoms with Crippen molar-refractivity contribution in [2.24, 2.45) is 0 Å². The number of hydrogen-bond acceptors (Lipinski definition) is 7. The fourth-order valence-electron chi connectivity index (χ4n) is 1.34. The van der Waals surface area contributed by atoms with Crippen LogP contribution in [0.1, 0.15) is 19.8 Å². The summed E-state index contributed by atoms with van der Waals surface area (Å²) in [7, 11) is 1.66. The maximum atomic E-state index is 11.8. The Hall–Kier alpha value is -0.860. The number of methoxy groups -OCH3 is 1. The van der Waals surface area contributed by atoms with Crippen molar-refractivity contribution in [2.75, 3.05) is 25.6 Å². The zero-order valence-corrected chi connectivity index (χ0v) is 12.6. The van der Waals surface area contributed by atoms with E-state index in [1.807, 2.05) is 6.92 Å². The first kappa shape index (κ1) is 14.5. The van der Waals surface area contributed by atoms with Crippen molar-refractivity contribution in [3.8, 4) is 0 Å². The Bertz CT molecular complexity index is 423. The molecule has 1 amide bonds. The van der Waals surface area contributed by atoms with Crippen LogP contribution in [-0.4, -0.2) is 47.7 Å². The standard InChI is InChI=1S/C11H18N4O2S2/c1-7(9(16)13-8-3-4-8)18-11-15-14-10(19-11)12-5-6-17-2/h7-8H,3-6H2,1-2H3,(H,12,14)(H,13,16)/t7-/m1/s1. The van der Waals surface area contributed by atoms with E-state index < -0.39 is 0 Å². The van der Waals surface area contributed by atoms with E-state index in [2.05, 4.69) is 20.8 Å². The van der Waals surface area contributed by atoms with Crippen LogP contribution in [0.25, 0.3) is 0 Å². The molecule has 0 radical (unpaired) electrons. The van der Waals surface area contributed by atoms with E-state index in [4.69, 9.17) is 4.74 Å². The van der Waals surface area contributed by atoms with Gasteiger partial charge >= 0.3 is 0 Å². The monoisotopic (exact) mass is 302 g/mol. The fraction of sp³-hybridized carbons (Fsp3) is 0.727. The predicted molar refractivity (Wildman–Crippen MR) is 76.8 cm³/mol. The first-order chi connectivity index (χ1) is 9.19. The van der Waals surface area contributed by atoms with E-state index in [-0.39, 0.29) is 11.2 Å². The van der Waals surface area contributed by atoms with E-state index in [9.17, 15) is 4.79 Å². The molecule has 0 aliphatic heterocycles. The molecule has 1 aromatic rings. The molecule has 8 heteroatoms. The van der Waals surface area contributed by atoms with Gasteiger partial charge in [0.1, 0.15) is 0 Å². The molecule has 0 unspecified atom stereocenters. The average Bonchev–Trinajstić information content (AvgIpc) is 3.09. The van der Waals surface area contributed by atoms with Crippen LogP contribution in [0.4, 0.5) is 5.13 Å². The third-order valence-corrected chi connectivity index (χ3v) is 4.62. The van der Waals surface area contributed by atoms with Crippen molar-refractivity contribution >= 4 is 34.1 Å². The lowest BCUT2D eigenvalue weighted by atomic mass is 10.4. The molecule has 0 spiro atoms. The van der Waals surface area contributed by atoms with Crippen LogP contribution in [0.3, 0.4) is 0 Å². The fourth-order valence-corrected chi connectivity index (χ4v) is 3.27. The van der Waals surface area contributed by atoms with Gasteiger partial charge in [0.05, 0.1) is 11.9 Å². The molecular weight excluding hydrogens is 284 g/mol. The highest BCUT2D eigenvalue weighted by atomic mass is 32.2. The Morgan fingerprint density at radius 1 is 1.58 bits per heavy atom. The number of aromatic nitrogens is 2. The number of carbonyl (C=O) groups is 1. The molecule has 0 bridgehead atoms. The first-order valence-corrected chi connectivity index (χ1v) is 7.92. The molecule has 1 aliphatic carbocycles. The second-order valence-corrected chi connectivity index (χ2v) is 6.90. The third kappa shape index (κ3) is 4.96. The first-order valence-electron chi connectivity index (χ1n) is 6.22. The zero-order chi connectivity index (χ0) is 13.7. The topological polar surface area (TPSA) is 76.1 Å². The van der Waals surface area contributed by atoms with Crippen LogP contribution in [0, 0.1) is 0 Å². The summed E-state index contributed by atoms with van der Waals surface area (Å²) in [6, 6.07) is 0.399.